The average Bonchev–Trinajstić information content (AvgIpc) is 2.71. The van der Waals surface area contributed by atoms with Crippen molar-refractivity contribution in [2.75, 3.05) is 18.1 Å². The lowest BCUT2D eigenvalue weighted by molar-refractivity contribution is -0.154. The van der Waals surface area contributed by atoms with Crippen LogP contribution in [0.25, 0.3) is 0 Å². The maximum absolute atomic E-state index is 13.0. The highest BCUT2D eigenvalue weighted by Crippen LogP contribution is 2.23. The normalized spacial score (nSPS) is 12.2. The summed E-state index contributed by atoms with van der Waals surface area (Å²) in [4.78, 5) is 25.4. The Hall–Kier alpha value is -2.71. The van der Waals surface area contributed by atoms with Gasteiger partial charge in [0, 0.05) is 24.2 Å². The topological polar surface area (TPSA) is 102 Å². The second-order valence-electron chi connectivity index (χ2n) is 7.57. The van der Waals surface area contributed by atoms with E-state index in [9.17, 15) is 18.0 Å². The van der Waals surface area contributed by atoms with Crippen molar-refractivity contribution in [3.05, 3.63) is 65.2 Å². The molecule has 31 heavy (non-hydrogen) atoms. The number of rotatable bonds is 11. The van der Waals surface area contributed by atoms with Crippen molar-refractivity contribution in [2.45, 2.75) is 45.6 Å². The first-order valence-electron chi connectivity index (χ1n) is 10.2. The number of ether oxygens (including phenoxy) is 1. The fourth-order valence-corrected chi connectivity index (χ4v) is 3.50. The van der Waals surface area contributed by atoms with Gasteiger partial charge in [-0.05, 0) is 43.9 Å². The zero-order valence-electron chi connectivity index (χ0n) is 18.2. The molecule has 0 aliphatic rings. The van der Waals surface area contributed by atoms with E-state index in [1.165, 1.54) is 0 Å². The fourth-order valence-electron chi connectivity index (χ4n) is 2.99. The molecular weight excluding hydrogens is 416 g/mol. The van der Waals surface area contributed by atoms with Crippen molar-refractivity contribution in [3.8, 4) is 0 Å². The van der Waals surface area contributed by atoms with E-state index >= 15 is 0 Å². The molecule has 2 N–H and O–H groups in total. The zero-order chi connectivity index (χ0) is 22.9. The molecule has 0 aliphatic carbocycles. The van der Waals surface area contributed by atoms with Crippen LogP contribution in [-0.4, -0.2) is 33.1 Å². The maximum Gasteiger partial charge on any atom is 0.306 e. The number of nitrogens with one attached hydrogen (secondary N) is 2. The van der Waals surface area contributed by atoms with E-state index in [0.29, 0.717) is 37.1 Å². The van der Waals surface area contributed by atoms with E-state index in [-0.39, 0.29) is 6.42 Å². The molecule has 2 rings (SSSR count). The summed E-state index contributed by atoms with van der Waals surface area (Å²) in [7, 11) is -3.20. The highest BCUT2D eigenvalue weighted by atomic mass is 32.2. The van der Waals surface area contributed by atoms with E-state index in [4.69, 9.17) is 4.74 Å². The molecule has 0 spiro atoms. The summed E-state index contributed by atoms with van der Waals surface area (Å²) in [5.74, 6) is -0.883. The third-order valence-corrected chi connectivity index (χ3v) is 5.39. The van der Waals surface area contributed by atoms with Crippen molar-refractivity contribution < 1.29 is 22.7 Å². The molecule has 2 aromatic carbocycles. The van der Waals surface area contributed by atoms with Gasteiger partial charge in [0.1, 0.15) is 0 Å². The van der Waals surface area contributed by atoms with Crippen LogP contribution >= 0.6 is 0 Å². The molecule has 0 radical (unpaired) electrons. The van der Waals surface area contributed by atoms with Gasteiger partial charge in [-0.3, -0.25) is 9.59 Å². The highest BCUT2D eigenvalue weighted by Gasteiger charge is 2.25. The van der Waals surface area contributed by atoms with Crippen molar-refractivity contribution in [3.63, 3.8) is 0 Å². The zero-order valence-corrected chi connectivity index (χ0v) is 19.0. The highest BCUT2D eigenvalue weighted by molar-refractivity contribution is 7.88. The minimum Gasteiger partial charge on any atom is -0.447 e. The summed E-state index contributed by atoms with van der Waals surface area (Å²) in [5, 5.41) is 2.87. The lowest BCUT2D eigenvalue weighted by Crippen LogP contribution is -2.26. The average molecular weight is 447 g/mol. The number of sulfonamides is 1. The number of aryl methyl sites for hydroxylation is 2. The third-order valence-electron chi connectivity index (χ3n) is 4.66. The van der Waals surface area contributed by atoms with Crippen LogP contribution in [0.15, 0.2) is 48.5 Å². The van der Waals surface area contributed by atoms with Crippen LogP contribution in [0.3, 0.4) is 0 Å². The summed E-state index contributed by atoms with van der Waals surface area (Å²) in [6.45, 7) is 4.17. The van der Waals surface area contributed by atoms with E-state index in [1.54, 1.807) is 24.3 Å². The molecule has 0 aliphatic heterocycles. The standard InChI is InChI=1S/C23H30N2O5S/c1-17-13-14-18(2)20(16-17)25-23(27)22(19-10-6-4-7-11-19)30-21(26)12-8-5-9-15-24-31(3,28)29/h4,6-7,10-11,13-14,16,22,24H,5,8-9,12,15H2,1-3H3,(H,25,27)/t22-/m0/s1. The van der Waals surface area contributed by atoms with Gasteiger partial charge in [0.25, 0.3) is 5.91 Å². The van der Waals surface area contributed by atoms with Gasteiger partial charge < -0.3 is 10.1 Å². The monoisotopic (exact) mass is 446 g/mol. The Morgan fingerprint density at radius 2 is 1.71 bits per heavy atom. The Kier molecular flexibility index (Phi) is 9.21. The van der Waals surface area contributed by atoms with Gasteiger partial charge in [-0.2, -0.15) is 0 Å². The van der Waals surface area contributed by atoms with Gasteiger partial charge in [-0.1, -0.05) is 48.9 Å². The Balaban J connectivity index is 1.96. The van der Waals surface area contributed by atoms with Crippen LogP contribution in [0.5, 0.6) is 0 Å². The molecule has 8 heteroatoms. The predicted octanol–water partition coefficient (Wildman–Crippen LogP) is 3.64. The van der Waals surface area contributed by atoms with E-state index in [0.717, 1.165) is 17.4 Å². The molecule has 1 atom stereocenters. The van der Waals surface area contributed by atoms with Crippen molar-refractivity contribution in [2.24, 2.45) is 0 Å². The minimum absolute atomic E-state index is 0.152. The molecule has 0 fully saturated rings. The molecule has 0 aromatic heterocycles. The maximum atomic E-state index is 13.0. The van der Waals surface area contributed by atoms with E-state index < -0.39 is 28.0 Å². The van der Waals surface area contributed by atoms with Crippen LogP contribution in [0.1, 0.15) is 48.5 Å². The smallest absolute Gasteiger partial charge is 0.306 e. The number of benzene rings is 2. The number of amides is 1. The quantitative estimate of drug-likeness (QED) is 0.405. The second kappa shape index (κ2) is 11.6. The number of hydrogen-bond acceptors (Lipinski definition) is 5. The fraction of sp³-hybridized carbons (Fsp3) is 0.391. The summed E-state index contributed by atoms with van der Waals surface area (Å²) >= 11 is 0. The number of carbonyl (C=O) groups is 2. The second-order valence-corrected chi connectivity index (χ2v) is 9.40. The minimum atomic E-state index is -3.20. The number of hydrogen-bond donors (Lipinski definition) is 2. The van der Waals surface area contributed by atoms with Gasteiger partial charge in [-0.25, -0.2) is 13.1 Å². The molecule has 2 aromatic rings. The molecular formula is C23H30N2O5S. The van der Waals surface area contributed by atoms with Crippen LogP contribution < -0.4 is 10.0 Å². The van der Waals surface area contributed by atoms with Gasteiger partial charge in [0.05, 0.1) is 6.26 Å². The largest absolute Gasteiger partial charge is 0.447 e. The molecule has 0 bridgehead atoms. The molecule has 0 heterocycles. The number of anilines is 1. The Morgan fingerprint density at radius 3 is 2.39 bits per heavy atom. The number of unbranched alkanes of at least 4 members (excludes halogenated alkanes) is 2. The summed E-state index contributed by atoms with van der Waals surface area (Å²) < 4.78 is 30.0. The molecule has 168 valence electrons. The Bertz CT molecular complexity index is 990. The molecule has 7 nitrogen and oxygen atoms in total. The van der Waals surface area contributed by atoms with Crippen LogP contribution in [0.2, 0.25) is 0 Å². The molecule has 0 saturated heterocycles. The van der Waals surface area contributed by atoms with E-state index in [1.807, 2.05) is 38.1 Å². The van der Waals surface area contributed by atoms with Gasteiger partial charge >= 0.3 is 5.97 Å². The summed E-state index contributed by atoms with van der Waals surface area (Å²) in [5.41, 5.74) is 3.20. The number of carbonyl (C=O) groups excluding carboxylic acids is 2. The molecule has 0 unspecified atom stereocenters. The van der Waals surface area contributed by atoms with Crippen LogP contribution in [0, 0.1) is 13.8 Å². The van der Waals surface area contributed by atoms with E-state index in [2.05, 4.69) is 10.0 Å². The van der Waals surface area contributed by atoms with Crippen LogP contribution in [0.4, 0.5) is 5.69 Å². The van der Waals surface area contributed by atoms with Crippen LogP contribution in [-0.2, 0) is 24.3 Å². The van der Waals surface area contributed by atoms with Gasteiger partial charge in [0.15, 0.2) is 0 Å². The first-order chi connectivity index (χ1) is 14.7. The Labute approximate surface area is 184 Å². The lowest BCUT2D eigenvalue weighted by atomic mass is 10.1. The first kappa shape index (κ1) is 24.6. The first-order valence-corrected chi connectivity index (χ1v) is 12.1. The number of esters is 1. The van der Waals surface area contributed by atoms with Crippen molar-refractivity contribution in [1.29, 1.82) is 0 Å². The molecule has 0 saturated carbocycles. The third kappa shape index (κ3) is 8.90. The van der Waals surface area contributed by atoms with Gasteiger partial charge in [0.2, 0.25) is 16.1 Å². The Morgan fingerprint density at radius 1 is 1.00 bits per heavy atom. The predicted molar refractivity (Wildman–Crippen MR) is 121 cm³/mol. The summed E-state index contributed by atoms with van der Waals surface area (Å²) in [6.07, 6.45) is 2.04. The molecule has 1 amide bonds. The van der Waals surface area contributed by atoms with Gasteiger partial charge in [-0.15, -0.1) is 0 Å². The SMILES string of the molecule is Cc1ccc(C)c(NC(=O)[C@@H](OC(=O)CCCCCNS(C)(=O)=O)c2ccccc2)c1. The summed E-state index contributed by atoms with van der Waals surface area (Å²) in [6, 6.07) is 14.7. The van der Waals surface area contributed by atoms with Crippen molar-refractivity contribution in [1.82, 2.24) is 4.72 Å². The van der Waals surface area contributed by atoms with Crippen molar-refractivity contribution >= 4 is 27.6 Å². The lowest BCUT2D eigenvalue weighted by Gasteiger charge is -2.19.